The fraction of sp³-hybridized carbons (Fsp3) is 0.435. The molecule has 1 amide bonds. The summed E-state index contributed by atoms with van der Waals surface area (Å²) in [6.07, 6.45) is 5.87. The zero-order chi connectivity index (χ0) is 20.5. The van der Waals surface area contributed by atoms with Crippen LogP contribution in [0.5, 0.6) is 0 Å². The molecule has 29 heavy (non-hydrogen) atoms. The molecule has 1 heterocycles. The fourth-order valence-electron chi connectivity index (χ4n) is 4.80. The van der Waals surface area contributed by atoms with Crippen LogP contribution in [0.25, 0.3) is 0 Å². The normalized spacial score (nSPS) is 18.4. The SMILES string of the molecule is CC(=O)N1CCCc2cc(S(=O)(=O)NCC3(c4ccccc4)CCCC3)ccc21. The molecule has 1 saturated carbocycles. The topological polar surface area (TPSA) is 66.5 Å². The van der Waals surface area contributed by atoms with E-state index in [1.807, 2.05) is 18.2 Å². The summed E-state index contributed by atoms with van der Waals surface area (Å²) in [6.45, 7) is 2.65. The first kappa shape index (κ1) is 20.1. The lowest BCUT2D eigenvalue weighted by Gasteiger charge is -2.30. The van der Waals surface area contributed by atoms with Gasteiger partial charge in [0.2, 0.25) is 15.9 Å². The molecule has 0 radical (unpaired) electrons. The minimum Gasteiger partial charge on any atom is -0.312 e. The molecule has 0 saturated heterocycles. The van der Waals surface area contributed by atoms with Crippen molar-refractivity contribution in [3.8, 4) is 0 Å². The smallest absolute Gasteiger partial charge is 0.240 e. The van der Waals surface area contributed by atoms with Gasteiger partial charge in [-0.05, 0) is 55.0 Å². The van der Waals surface area contributed by atoms with E-state index >= 15 is 0 Å². The molecule has 0 spiro atoms. The van der Waals surface area contributed by atoms with Crippen molar-refractivity contribution in [1.29, 1.82) is 0 Å². The van der Waals surface area contributed by atoms with Crippen molar-refractivity contribution in [3.63, 3.8) is 0 Å². The van der Waals surface area contributed by atoms with E-state index in [1.54, 1.807) is 30.0 Å². The molecule has 1 aliphatic heterocycles. The van der Waals surface area contributed by atoms with E-state index in [2.05, 4.69) is 16.9 Å². The second-order valence-electron chi connectivity index (χ2n) is 8.24. The van der Waals surface area contributed by atoms with Crippen LogP contribution in [0.15, 0.2) is 53.4 Å². The lowest BCUT2D eigenvalue weighted by molar-refractivity contribution is -0.116. The van der Waals surface area contributed by atoms with Gasteiger partial charge in [0.15, 0.2) is 0 Å². The second-order valence-corrected chi connectivity index (χ2v) is 10.0. The molecule has 6 heteroatoms. The van der Waals surface area contributed by atoms with E-state index in [0.717, 1.165) is 49.8 Å². The molecule has 0 atom stereocenters. The third-order valence-corrected chi connectivity index (χ3v) is 7.81. The Morgan fingerprint density at radius 1 is 1.07 bits per heavy atom. The van der Waals surface area contributed by atoms with Crippen LogP contribution in [-0.4, -0.2) is 27.4 Å². The Balaban J connectivity index is 1.57. The van der Waals surface area contributed by atoms with Crippen LogP contribution in [0.4, 0.5) is 5.69 Å². The molecule has 0 unspecified atom stereocenters. The molecule has 2 aromatic carbocycles. The number of rotatable bonds is 5. The number of anilines is 1. The Labute approximate surface area is 173 Å². The van der Waals surface area contributed by atoms with Gasteiger partial charge in [0.05, 0.1) is 4.90 Å². The van der Waals surface area contributed by atoms with Crippen LogP contribution >= 0.6 is 0 Å². The number of sulfonamides is 1. The van der Waals surface area contributed by atoms with Crippen LogP contribution in [0.3, 0.4) is 0 Å². The van der Waals surface area contributed by atoms with Gasteiger partial charge in [0.25, 0.3) is 0 Å². The van der Waals surface area contributed by atoms with Gasteiger partial charge in [-0.3, -0.25) is 4.79 Å². The number of carbonyl (C=O) groups is 1. The van der Waals surface area contributed by atoms with E-state index in [-0.39, 0.29) is 16.2 Å². The Kier molecular flexibility index (Phi) is 5.49. The van der Waals surface area contributed by atoms with Crippen molar-refractivity contribution in [3.05, 3.63) is 59.7 Å². The summed E-state index contributed by atoms with van der Waals surface area (Å²) in [5.74, 6) is -0.00859. The maximum atomic E-state index is 13.1. The number of hydrogen-bond donors (Lipinski definition) is 1. The third kappa shape index (κ3) is 3.96. The minimum atomic E-state index is -3.62. The number of fused-ring (bicyclic) bond motifs is 1. The average molecular weight is 413 g/mol. The molecule has 0 aromatic heterocycles. The van der Waals surface area contributed by atoms with Crippen LogP contribution in [0.1, 0.15) is 50.2 Å². The molecule has 4 rings (SSSR count). The van der Waals surface area contributed by atoms with E-state index < -0.39 is 10.0 Å². The van der Waals surface area contributed by atoms with Crippen molar-refractivity contribution >= 4 is 21.6 Å². The summed E-state index contributed by atoms with van der Waals surface area (Å²) in [7, 11) is -3.62. The summed E-state index contributed by atoms with van der Waals surface area (Å²) in [5, 5.41) is 0. The summed E-state index contributed by atoms with van der Waals surface area (Å²) in [4.78, 5) is 13.9. The zero-order valence-corrected chi connectivity index (χ0v) is 17.7. The van der Waals surface area contributed by atoms with Crippen LogP contribution < -0.4 is 9.62 Å². The summed E-state index contributed by atoms with van der Waals surface area (Å²) >= 11 is 0. The van der Waals surface area contributed by atoms with Gasteiger partial charge in [-0.25, -0.2) is 13.1 Å². The van der Waals surface area contributed by atoms with Crippen molar-refractivity contribution in [2.24, 2.45) is 0 Å². The first-order chi connectivity index (χ1) is 13.9. The van der Waals surface area contributed by atoms with Crippen molar-refractivity contribution in [2.75, 3.05) is 18.0 Å². The molecular formula is C23H28N2O3S. The molecule has 1 fully saturated rings. The first-order valence-corrected chi connectivity index (χ1v) is 11.9. The zero-order valence-electron chi connectivity index (χ0n) is 16.9. The predicted molar refractivity (Wildman–Crippen MR) is 115 cm³/mol. The van der Waals surface area contributed by atoms with Crippen molar-refractivity contribution in [2.45, 2.75) is 55.8 Å². The Morgan fingerprint density at radius 3 is 2.48 bits per heavy atom. The molecule has 1 N–H and O–H groups in total. The van der Waals surface area contributed by atoms with E-state index in [0.29, 0.717) is 13.1 Å². The van der Waals surface area contributed by atoms with Gasteiger partial charge in [0, 0.05) is 31.1 Å². The summed E-state index contributed by atoms with van der Waals surface area (Å²) in [5.41, 5.74) is 2.84. The molecule has 154 valence electrons. The van der Waals surface area contributed by atoms with Gasteiger partial charge >= 0.3 is 0 Å². The third-order valence-electron chi connectivity index (χ3n) is 6.41. The van der Waals surface area contributed by atoms with Gasteiger partial charge in [-0.15, -0.1) is 0 Å². The Hall–Kier alpha value is -2.18. The lowest BCUT2D eigenvalue weighted by Crippen LogP contribution is -2.39. The van der Waals surface area contributed by atoms with Crippen LogP contribution in [-0.2, 0) is 26.7 Å². The number of amides is 1. The number of benzene rings is 2. The van der Waals surface area contributed by atoms with Crippen LogP contribution in [0, 0.1) is 0 Å². The Morgan fingerprint density at radius 2 is 1.79 bits per heavy atom. The predicted octanol–water partition coefficient (Wildman–Crippen LogP) is 3.78. The first-order valence-electron chi connectivity index (χ1n) is 10.4. The standard InChI is InChI=1S/C23H28N2O3S/c1-18(26)25-15-7-8-19-16-21(11-12-22(19)25)29(27,28)24-17-23(13-5-6-14-23)20-9-3-2-4-10-20/h2-4,9-12,16,24H,5-8,13-15,17H2,1H3. The summed E-state index contributed by atoms with van der Waals surface area (Å²) in [6, 6.07) is 15.4. The maximum absolute atomic E-state index is 13.1. The molecule has 1 aliphatic carbocycles. The monoisotopic (exact) mass is 412 g/mol. The van der Waals surface area contributed by atoms with E-state index in [4.69, 9.17) is 0 Å². The van der Waals surface area contributed by atoms with Gasteiger partial charge in [0.1, 0.15) is 0 Å². The van der Waals surface area contributed by atoms with Gasteiger partial charge in [-0.2, -0.15) is 0 Å². The lowest BCUT2D eigenvalue weighted by atomic mass is 9.79. The number of nitrogens with zero attached hydrogens (tertiary/aromatic N) is 1. The number of nitrogens with one attached hydrogen (secondary N) is 1. The molecular weight excluding hydrogens is 384 g/mol. The quantitative estimate of drug-likeness (QED) is 0.813. The van der Waals surface area contributed by atoms with Gasteiger partial charge < -0.3 is 4.90 Å². The average Bonchev–Trinajstić information content (AvgIpc) is 3.22. The highest BCUT2D eigenvalue weighted by atomic mass is 32.2. The summed E-state index contributed by atoms with van der Waals surface area (Å²) < 4.78 is 29.0. The largest absolute Gasteiger partial charge is 0.312 e. The molecule has 0 bridgehead atoms. The van der Waals surface area contributed by atoms with Crippen LogP contribution in [0.2, 0.25) is 0 Å². The number of aryl methyl sites for hydroxylation is 1. The fourth-order valence-corrected chi connectivity index (χ4v) is 5.97. The molecule has 2 aromatic rings. The van der Waals surface area contributed by atoms with E-state index in [1.165, 1.54) is 5.56 Å². The minimum absolute atomic E-state index is 0.00859. The highest BCUT2D eigenvalue weighted by Gasteiger charge is 2.36. The Bertz CT molecular complexity index is 996. The second kappa shape index (κ2) is 7.92. The highest BCUT2D eigenvalue weighted by Crippen LogP contribution is 2.41. The number of carbonyl (C=O) groups excluding carboxylic acids is 1. The van der Waals surface area contributed by atoms with Gasteiger partial charge in [-0.1, -0.05) is 43.2 Å². The van der Waals surface area contributed by atoms with Crippen molar-refractivity contribution in [1.82, 2.24) is 4.72 Å². The van der Waals surface area contributed by atoms with Crippen molar-refractivity contribution < 1.29 is 13.2 Å². The molecule has 2 aliphatic rings. The van der Waals surface area contributed by atoms with E-state index in [9.17, 15) is 13.2 Å². The maximum Gasteiger partial charge on any atom is 0.240 e. The number of hydrogen-bond acceptors (Lipinski definition) is 3. The highest BCUT2D eigenvalue weighted by molar-refractivity contribution is 7.89. The molecule has 5 nitrogen and oxygen atoms in total.